The van der Waals surface area contributed by atoms with E-state index in [0.717, 1.165) is 5.56 Å². The van der Waals surface area contributed by atoms with E-state index in [4.69, 9.17) is 16.3 Å². The van der Waals surface area contributed by atoms with Crippen LogP contribution >= 0.6 is 11.6 Å². The SMILES string of the molecule is CCC(C)(O)c1cc(C2(O)CN(C(=O)OCc3ccccc3)C2)cc(-c2ccc(F)c(Cl)c2)n1. The van der Waals surface area contributed by atoms with Crippen molar-refractivity contribution in [1.29, 1.82) is 0 Å². The lowest BCUT2D eigenvalue weighted by Gasteiger charge is -2.46. The standard InChI is InChI=1S/C26H26ClFN2O4/c1-3-25(2,32)23-13-19(12-22(29-23)18-9-10-21(28)20(27)11-18)26(33)15-30(16-26)24(31)34-14-17-7-5-4-6-8-17/h4-13,32-33H,3,14-16H2,1-2H3. The fraction of sp³-hybridized carbons (Fsp3) is 0.308. The molecule has 4 rings (SSSR count). The third kappa shape index (κ3) is 4.92. The van der Waals surface area contributed by atoms with Crippen LogP contribution in [0.3, 0.4) is 0 Å². The number of hydrogen-bond donors (Lipinski definition) is 2. The van der Waals surface area contributed by atoms with Gasteiger partial charge in [0.15, 0.2) is 0 Å². The number of benzene rings is 2. The zero-order valence-corrected chi connectivity index (χ0v) is 19.7. The Bertz CT molecular complexity index is 1200. The summed E-state index contributed by atoms with van der Waals surface area (Å²) >= 11 is 5.96. The van der Waals surface area contributed by atoms with Gasteiger partial charge in [-0.25, -0.2) is 14.2 Å². The van der Waals surface area contributed by atoms with E-state index in [9.17, 15) is 19.4 Å². The van der Waals surface area contributed by atoms with Crippen molar-refractivity contribution >= 4 is 17.7 Å². The molecule has 3 aromatic rings. The Morgan fingerprint density at radius 1 is 1.21 bits per heavy atom. The Hall–Kier alpha value is -3.00. The number of rotatable bonds is 6. The fourth-order valence-corrected chi connectivity index (χ4v) is 3.95. The van der Waals surface area contributed by atoms with Gasteiger partial charge in [-0.2, -0.15) is 0 Å². The number of amides is 1. The number of ether oxygens (including phenoxy) is 1. The van der Waals surface area contributed by atoms with Crippen LogP contribution < -0.4 is 0 Å². The topological polar surface area (TPSA) is 82.9 Å². The van der Waals surface area contributed by atoms with Crippen LogP contribution in [0.4, 0.5) is 9.18 Å². The molecule has 1 aliphatic rings. The maximum absolute atomic E-state index is 13.7. The molecule has 2 N–H and O–H groups in total. The Labute approximate surface area is 202 Å². The predicted molar refractivity (Wildman–Crippen MR) is 127 cm³/mol. The molecule has 2 aromatic carbocycles. The summed E-state index contributed by atoms with van der Waals surface area (Å²) in [7, 11) is 0. The molecule has 0 radical (unpaired) electrons. The number of nitrogens with zero attached hydrogens (tertiary/aromatic N) is 2. The molecule has 1 atom stereocenters. The van der Waals surface area contributed by atoms with Crippen LogP contribution in [0, 0.1) is 5.82 Å². The summed E-state index contributed by atoms with van der Waals surface area (Å²) < 4.78 is 19.0. The minimum Gasteiger partial charge on any atom is -0.445 e. The molecule has 34 heavy (non-hydrogen) atoms. The van der Waals surface area contributed by atoms with E-state index in [1.807, 2.05) is 37.3 Å². The average molecular weight is 485 g/mol. The van der Waals surface area contributed by atoms with Gasteiger partial charge in [0.1, 0.15) is 23.6 Å². The van der Waals surface area contributed by atoms with Crippen molar-refractivity contribution in [3.8, 4) is 11.3 Å². The minimum atomic E-state index is -1.34. The number of carbonyl (C=O) groups excluding carboxylic acids is 1. The van der Waals surface area contributed by atoms with E-state index in [1.54, 1.807) is 19.1 Å². The van der Waals surface area contributed by atoms with E-state index < -0.39 is 23.1 Å². The molecule has 1 amide bonds. The molecule has 8 heteroatoms. The van der Waals surface area contributed by atoms with Crippen molar-refractivity contribution in [2.75, 3.05) is 13.1 Å². The minimum absolute atomic E-state index is 0.0297. The van der Waals surface area contributed by atoms with Gasteiger partial charge in [0.25, 0.3) is 0 Å². The summed E-state index contributed by atoms with van der Waals surface area (Å²) in [6.07, 6.45) is -0.127. The van der Waals surface area contributed by atoms with Gasteiger partial charge in [-0.3, -0.25) is 0 Å². The predicted octanol–water partition coefficient (Wildman–Crippen LogP) is 5.00. The number of likely N-dealkylation sites (tertiary alicyclic amines) is 1. The number of aromatic nitrogens is 1. The lowest BCUT2D eigenvalue weighted by atomic mass is 9.84. The number of halogens is 2. The smallest absolute Gasteiger partial charge is 0.410 e. The van der Waals surface area contributed by atoms with Crippen LogP contribution in [0.15, 0.2) is 60.7 Å². The van der Waals surface area contributed by atoms with E-state index in [0.29, 0.717) is 28.9 Å². The zero-order chi connectivity index (χ0) is 24.5. The van der Waals surface area contributed by atoms with Gasteiger partial charge in [0.2, 0.25) is 0 Å². The highest BCUT2D eigenvalue weighted by atomic mass is 35.5. The number of aliphatic hydroxyl groups is 2. The Balaban J connectivity index is 1.57. The number of β-amino-alcohol motifs (C(OH)–C–C–N with tert-alkyl or cyclic N) is 1. The lowest BCUT2D eigenvalue weighted by molar-refractivity contribution is -0.0951. The molecular formula is C26H26ClFN2O4. The molecule has 0 aliphatic carbocycles. The summed E-state index contributed by atoms with van der Waals surface area (Å²) in [5.74, 6) is -0.551. The van der Waals surface area contributed by atoms with Crippen molar-refractivity contribution in [2.24, 2.45) is 0 Å². The Morgan fingerprint density at radius 3 is 2.56 bits per heavy atom. The second-order valence-electron chi connectivity index (χ2n) is 8.81. The molecule has 0 bridgehead atoms. The molecular weight excluding hydrogens is 459 g/mol. The second-order valence-corrected chi connectivity index (χ2v) is 9.22. The molecule has 6 nitrogen and oxygen atoms in total. The highest BCUT2D eigenvalue weighted by Gasteiger charge is 2.46. The van der Waals surface area contributed by atoms with Crippen LogP contribution in [0.5, 0.6) is 0 Å². The molecule has 0 saturated carbocycles. The van der Waals surface area contributed by atoms with Crippen molar-refractivity contribution < 1.29 is 24.1 Å². The maximum Gasteiger partial charge on any atom is 0.410 e. The lowest BCUT2D eigenvalue weighted by Crippen LogP contribution is -2.61. The summed E-state index contributed by atoms with van der Waals surface area (Å²) in [6.45, 7) is 3.66. The van der Waals surface area contributed by atoms with Crippen LogP contribution in [0.25, 0.3) is 11.3 Å². The third-order valence-corrected chi connectivity index (χ3v) is 6.48. The van der Waals surface area contributed by atoms with Crippen molar-refractivity contribution in [3.63, 3.8) is 0 Å². The quantitative estimate of drug-likeness (QED) is 0.514. The van der Waals surface area contributed by atoms with Gasteiger partial charge >= 0.3 is 6.09 Å². The second kappa shape index (κ2) is 9.33. The van der Waals surface area contributed by atoms with Crippen LogP contribution in [0.1, 0.15) is 37.1 Å². The van der Waals surface area contributed by atoms with Gasteiger partial charge in [-0.15, -0.1) is 0 Å². The highest BCUT2D eigenvalue weighted by Crippen LogP contribution is 2.37. The van der Waals surface area contributed by atoms with Crippen LogP contribution in [-0.2, 0) is 22.5 Å². The highest BCUT2D eigenvalue weighted by molar-refractivity contribution is 6.31. The maximum atomic E-state index is 13.7. The summed E-state index contributed by atoms with van der Waals surface area (Å²) in [5, 5.41) is 22.1. The van der Waals surface area contributed by atoms with Crippen molar-refractivity contribution in [3.05, 3.63) is 88.3 Å². The van der Waals surface area contributed by atoms with Gasteiger partial charge in [-0.05, 0) is 54.8 Å². The Morgan fingerprint density at radius 2 is 1.91 bits per heavy atom. The van der Waals surface area contributed by atoms with E-state index >= 15 is 0 Å². The first-order valence-electron chi connectivity index (χ1n) is 11.0. The normalized spacial score (nSPS) is 16.5. The first-order valence-corrected chi connectivity index (χ1v) is 11.4. The first kappa shape index (κ1) is 24.1. The summed E-state index contributed by atoms with van der Waals surface area (Å²) in [5.41, 5.74) is 0.115. The fourth-order valence-electron chi connectivity index (χ4n) is 3.77. The monoisotopic (exact) mass is 484 g/mol. The van der Waals surface area contributed by atoms with Crippen molar-refractivity contribution in [2.45, 2.75) is 38.1 Å². The molecule has 1 fully saturated rings. The van der Waals surface area contributed by atoms with E-state index in [2.05, 4.69) is 4.98 Å². The Kier molecular flexibility index (Phi) is 6.62. The third-order valence-electron chi connectivity index (χ3n) is 6.19. The molecule has 1 saturated heterocycles. The first-order chi connectivity index (χ1) is 16.1. The largest absolute Gasteiger partial charge is 0.445 e. The van der Waals surface area contributed by atoms with Crippen LogP contribution in [0.2, 0.25) is 5.02 Å². The molecule has 1 unspecified atom stereocenters. The van der Waals surface area contributed by atoms with Gasteiger partial charge in [-0.1, -0.05) is 48.9 Å². The number of carbonyl (C=O) groups is 1. The van der Waals surface area contributed by atoms with E-state index in [-0.39, 0.29) is 24.7 Å². The average Bonchev–Trinajstić information content (AvgIpc) is 2.82. The van der Waals surface area contributed by atoms with Gasteiger partial charge < -0.3 is 19.8 Å². The molecule has 1 aliphatic heterocycles. The summed E-state index contributed by atoms with van der Waals surface area (Å²) in [4.78, 5) is 18.4. The number of hydrogen-bond acceptors (Lipinski definition) is 5. The van der Waals surface area contributed by atoms with Gasteiger partial charge in [0.05, 0.1) is 29.5 Å². The van der Waals surface area contributed by atoms with Crippen molar-refractivity contribution in [1.82, 2.24) is 9.88 Å². The zero-order valence-electron chi connectivity index (χ0n) is 19.0. The molecule has 178 valence electrons. The van der Waals surface area contributed by atoms with Gasteiger partial charge in [0, 0.05) is 5.56 Å². The molecule has 2 heterocycles. The molecule has 1 aromatic heterocycles. The van der Waals surface area contributed by atoms with E-state index in [1.165, 1.54) is 23.1 Å². The summed E-state index contributed by atoms with van der Waals surface area (Å²) in [6, 6.07) is 16.9. The van der Waals surface area contributed by atoms with Crippen LogP contribution in [-0.4, -0.2) is 39.3 Å². The number of pyridine rings is 1. The molecule has 0 spiro atoms.